The van der Waals surface area contributed by atoms with E-state index in [4.69, 9.17) is 0 Å². The van der Waals surface area contributed by atoms with Crippen molar-refractivity contribution in [2.24, 2.45) is 0 Å². The van der Waals surface area contributed by atoms with E-state index in [9.17, 15) is 9.11 Å². The maximum atomic E-state index is 9.61. The van der Waals surface area contributed by atoms with Gasteiger partial charge in [0.1, 0.15) is 0 Å². The molecule has 12 heavy (non-hydrogen) atoms. The molecule has 1 radical (unpaired) electrons. The van der Waals surface area contributed by atoms with Gasteiger partial charge in [-0.3, -0.25) is 9.11 Å². The zero-order valence-corrected chi connectivity index (χ0v) is 7.42. The van der Waals surface area contributed by atoms with Crippen LogP contribution in [0, 0.1) is 5.75 Å². The molecule has 0 aliphatic carbocycles. The fourth-order valence-corrected chi connectivity index (χ4v) is 2.93. The summed E-state index contributed by atoms with van der Waals surface area (Å²) in [5.41, 5.74) is 1.07. The van der Waals surface area contributed by atoms with Crippen LogP contribution in [0.2, 0.25) is 0 Å². The Bertz CT molecular complexity index is 296. The Morgan fingerprint density at radius 3 is 2.67 bits per heavy atom. The van der Waals surface area contributed by atoms with Crippen molar-refractivity contribution in [1.29, 1.82) is 0 Å². The Morgan fingerprint density at radius 1 is 1.17 bits per heavy atom. The number of hydrogen-bond acceptors (Lipinski definition) is 2. The van der Waals surface area contributed by atoms with Gasteiger partial charge in [-0.25, -0.2) is 0 Å². The van der Waals surface area contributed by atoms with Crippen LogP contribution in [-0.4, -0.2) is 9.11 Å². The monoisotopic (exact) mass is 183 g/mol. The van der Waals surface area contributed by atoms with Gasteiger partial charge in [-0.15, -0.1) is 0 Å². The van der Waals surface area contributed by atoms with E-state index in [-0.39, 0.29) is 0 Å². The molecule has 0 amide bonds. The van der Waals surface area contributed by atoms with E-state index < -0.39 is 10.6 Å². The summed E-state index contributed by atoms with van der Waals surface area (Å²) < 4.78 is 19.2. The molecular weight excluding hydrogens is 172 g/mol. The van der Waals surface area contributed by atoms with Crippen LogP contribution in [0.15, 0.2) is 29.2 Å². The third kappa shape index (κ3) is 1.24. The molecular formula is C9H11O2S. The highest BCUT2D eigenvalue weighted by Crippen LogP contribution is 2.56. The third-order valence-electron chi connectivity index (χ3n) is 2.06. The number of fused-ring (bicyclic) bond motifs is 1. The van der Waals surface area contributed by atoms with Crippen LogP contribution in [0.5, 0.6) is 0 Å². The van der Waals surface area contributed by atoms with E-state index in [1.807, 2.05) is 18.2 Å². The molecule has 65 valence electrons. The SMILES string of the molecule is OS1(O)[CH]CCc2ccccc21. The van der Waals surface area contributed by atoms with Crippen molar-refractivity contribution < 1.29 is 9.11 Å². The molecule has 0 fully saturated rings. The molecule has 2 rings (SSSR count). The van der Waals surface area contributed by atoms with Crippen LogP contribution < -0.4 is 0 Å². The maximum absolute atomic E-state index is 9.61. The second kappa shape index (κ2) is 2.76. The van der Waals surface area contributed by atoms with Crippen LogP contribution in [0.4, 0.5) is 0 Å². The van der Waals surface area contributed by atoms with Gasteiger partial charge in [-0.2, -0.15) is 10.6 Å². The Balaban J connectivity index is 2.52. The minimum absolute atomic E-state index is 0.705. The van der Waals surface area contributed by atoms with E-state index in [0.29, 0.717) is 4.90 Å². The summed E-state index contributed by atoms with van der Waals surface area (Å²) in [5.74, 6) is 1.62. The van der Waals surface area contributed by atoms with Gasteiger partial charge in [-0.05, 0) is 24.5 Å². The van der Waals surface area contributed by atoms with Crippen molar-refractivity contribution in [2.45, 2.75) is 17.7 Å². The highest BCUT2D eigenvalue weighted by Gasteiger charge is 2.23. The minimum atomic E-state index is -2.57. The molecule has 0 atom stereocenters. The van der Waals surface area contributed by atoms with E-state index in [1.54, 1.807) is 11.8 Å². The third-order valence-corrected chi connectivity index (χ3v) is 3.81. The summed E-state index contributed by atoms with van der Waals surface area (Å²) in [5, 5.41) is 0. The number of benzene rings is 1. The Hall–Kier alpha value is -0.510. The van der Waals surface area contributed by atoms with Gasteiger partial charge in [0.2, 0.25) is 0 Å². The van der Waals surface area contributed by atoms with Crippen molar-refractivity contribution in [3.05, 3.63) is 35.6 Å². The molecule has 1 aliphatic rings. The van der Waals surface area contributed by atoms with E-state index in [2.05, 4.69) is 0 Å². The first kappa shape index (κ1) is 8.10. The van der Waals surface area contributed by atoms with Crippen LogP contribution in [0.25, 0.3) is 0 Å². The molecule has 1 aromatic carbocycles. The predicted octanol–water partition coefficient (Wildman–Crippen LogP) is 2.90. The molecule has 0 saturated heterocycles. The van der Waals surface area contributed by atoms with Gasteiger partial charge < -0.3 is 0 Å². The summed E-state index contributed by atoms with van der Waals surface area (Å²) in [7, 11) is -2.57. The second-order valence-electron chi connectivity index (χ2n) is 2.91. The average Bonchev–Trinajstić information content (AvgIpc) is 2.04. The summed E-state index contributed by atoms with van der Waals surface area (Å²) in [6, 6.07) is 7.52. The quantitative estimate of drug-likeness (QED) is 0.649. The van der Waals surface area contributed by atoms with Crippen molar-refractivity contribution in [1.82, 2.24) is 0 Å². The highest BCUT2D eigenvalue weighted by molar-refractivity contribution is 8.26. The zero-order chi connectivity index (χ0) is 8.60. The van der Waals surface area contributed by atoms with Crippen molar-refractivity contribution in [3.63, 3.8) is 0 Å². The lowest BCUT2D eigenvalue weighted by Gasteiger charge is -2.36. The van der Waals surface area contributed by atoms with E-state index >= 15 is 0 Å². The lowest BCUT2D eigenvalue weighted by molar-refractivity contribution is 0.487. The van der Waals surface area contributed by atoms with Crippen LogP contribution in [0.3, 0.4) is 0 Å². The molecule has 1 heterocycles. The number of hydrogen-bond donors (Lipinski definition) is 2. The standard InChI is InChI=1S/C9H11O2S/c10-12(11)7-3-5-8-4-1-2-6-9(8)12/h1-2,4,6-7,10-11H,3,5H2. The largest absolute Gasteiger partial charge is 0.295 e. The van der Waals surface area contributed by atoms with Gasteiger partial charge in [-0.1, -0.05) is 18.2 Å². The Kier molecular flexibility index (Phi) is 1.87. The molecule has 1 aromatic rings. The fraction of sp³-hybridized carbons (Fsp3) is 0.222. The molecule has 0 bridgehead atoms. The molecule has 0 unspecified atom stereocenters. The summed E-state index contributed by atoms with van der Waals surface area (Å²) in [6.07, 6.45) is 1.69. The molecule has 3 heteroatoms. The Morgan fingerprint density at radius 2 is 1.92 bits per heavy atom. The van der Waals surface area contributed by atoms with Crippen LogP contribution in [0.1, 0.15) is 12.0 Å². The first-order valence-electron chi connectivity index (χ1n) is 3.89. The van der Waals surface area contributed by atoms with Crippen molar-refractivity contribution >= 4 is 10.6 Å². The van der Waals surface area contributed by atoms with Crippen molar-refractivity contribution in [2.75, 3.05) is 0 Å². The zero-order valence-electron chi connectivity index (χ0n) is 6.60. The molecule has 2 nitrogen and oxygen atoms in total. The van der Waals surface area contributed by atoms with Crippen LogP contribution >= 0.6 is 10.6 Å². The molecule has 2 N–H and O–H groups in total. The van der Waals surface area contributed by atoms with Crippen molar-refractivity contribution in [3.8, 4) is 0 Å². The number of rotatable bonds is 0. The van der Waals surface area contributed by atoms with Gasteiger partial charge >= 0.3 is 0 Å². The Labute approximate surface area is 73.6 Å². The molecule has 0 saturated carbocycles. The summed E-state index contributed by atoms with van der Waals surface area (Å²) in [4.78, 5) is 0.705. The lowest BCUT2D eigenvalue weighted by atomic mass is 10.1. The normalized spacial score (nSPS) is 22.8. The smallest absolute Gasteiger partial charge is 0.0744 e. The van der Waals surface area contributed by atoms with Gasteiger partial charge in [0, 0.05) is 0 Å². The van der Waals surface area contributed by atoms with Gasteiger partial charge in [0.25, 0.3) is 0 Å². The van der Waals surface area contributed by atoms with Gasteiger partial charge in [0.15, 0.2) is 0 Å². The predicted molar refractivity (Wildman–Crippen MR) is 50.2 cm³/mol. The second-order valence-corrected chi connectivity index (χ2v) is 4.86. The molecule has 0 aromatic heterocycles. The van der Waals surface area contributed by atoms with E-state index in [0.717, 1.165) is 18.4 Å². The molecule has 0 spiro atoms. The summed E-state index contributed by atoms with van der Waals surface area (Å²) >= 11 is 0. The maximum Gasteiger partial charge on any atom is 0.0744 e. The number of aryl methyl sites for hydroxylation is 1. The van der Waals surface area contributed by atoms with E-state index in [1.165, 1.54) is 0 Å². The van der Waals surface area contributed by atoms with Gasteiger partial charge in [0.05, 0.1) is 10.6 Å². The van der Waals surface area contributed by atoms with Crippen LogP contribution in [-0.2, 0) is 6.42 Å². The first-order valence-corrected chi connectivity index (χ1v) is 5.50. The fourth-order valence-electron chi connectivity index (χ4n) is 1.47. The first-order chi connectivity index (χ1) is 5.70. The minimum Gasteiger partial charge on any atom is -0.295 e. The average molecular weight is 183 g/mol. The summed E-state index contributed by atoms with van der Waals surface area (Å²) in [6.45, 7) is 0. The lowest BCUT2D eigenvalue weighted by Crippen LogP contribution is -2.08. The molecule has 1 aliphatic heterocycles. The highest BCUT2D eigenvalue weighted by atomic mass is 32.3. The topological polar surface area (TPSA) is 40.5 Å².